The molecule has 0 radical (unpaired) electrons. The molecule has 2 aromatic carbocycles. The van der Waals surface area contributed by atoms with Crippen LogP contribution in [-0.2, 0) is 4.74 Å². The third kappa shape index (κ3) is 6.28. The Morgan fingerprint density at radius 2 is 1.93 bits per heavy atom. The molecule has 0 amide bonds. The van der Waals surface area contributed by atoms with Crippen molar-refractivity contribution < 1.29 is 19.0 Å². The van der Waals surface area contributed by atoms with Crippen LogP contribution >= 0.6 is 23.8 Å². The molecule has 150 valence electrons. The lowest BCUT2D eigenvalue weighted by Crippen LogP contribution is -2.39. The van der Waals surface area contributed by atoms with Gasteiger partial charge in [0, 0.05) is 5.69 Å². The molecule has 2 aromatic rings. The summed E-state index contributed by atoms with van der Waals surface area (Å²) in [5, 5.41) is 6.87. The van der Waals surface area contributed by atoms with Gasteiger partial charge in [-0.25, -0.2) is 4.79 Å². The Morgan fingerprint density at radius 1 is 1.21 bits per heavy atom. The van der Waals surface area contributed by atoms with Crippen LogP contribution in [0, 0.1) is 0 Å². The zero-order valence-corrected chi connectivity index (χ0v) is 17.5. The van der Waals surface area contributed by atoms with E-state index >= 15 is 0 Å². The van der Waals surface area contributed by atoms with E-state index in [0.29, 0.717) is 39.5 Å². The maximum Gasteiger partial charge on any atom is 0.339 e. The number of halogens is 1. The highest BCUT2D eigenvalue weighted by Crippen LogP contribution is 2.26. The topological polar surface area (TPSA) is 68.8 Å². The van der Waals surface area contributed by atoms with Gasteiger partial charge >= 0.3 is 5.97 Å². The van der Waals surface area contributed by atoms with Crippen LogP contribution in [0.15, 0.2) is 42.5 Å². The van der Waals surface area contributed by atoms with Gasteiger partial charge < -0.3 is 24.8 Å². The number of hydrogen-bond donors (Lipinski definition) is 2. The Labute approximate surface area is 175 Å². The van der Waals surface area contributed by atoms with Gasteiger partial charge in [-0.1, -0.05) is 23.7 Å². The smallest absolute Gasteiger partial charge is 0.339 e. The Balaban J connectivity index is 1.87. The van der Waals surface area contributed by atoms with Gasteiger partial charge in [0.15, 0.2) is 16.6 Å². The lowest BCUT2D eigenvalue weighted by Gasteiger charge is -2.18. The Morgan fingerprint density at radius 3 is 2.57 bits per heavy atom. The molecule has 0 spiro atoms. The molecule has 0 unspecified atom stereocenters. The molecule has 6 nitrogen and oxygen atoms in total. The number of carbonyl (C=O) groups excluding carboxylic acids is 1. The fourth-order valence-corrected chi connectivity index (χ4v) is 2.93. The van der Waals surface area contributed by atoms with Crippen LogP contribution in [0.2, 0.25) is 5.02 Å². The minimum absolute atomic E-state index is 0.0563. The van der Waals surface area contributed by atoms with Crippen LogP contribution in [-0.4, -0.2) is 37.4 Å². The fourth-order valence-electron chi connectivity index (χ4n) is 2.35. The van der Waals surface area contributed by atoms with Crippen LogP contribution in [0.3, 0.4) is 0 Å². The first kappa shape index (κ1) is 21.8. The number of esters is 1. The predicted octanol–water partition coefficient (Wildman–Crippen LogP) is 4.28. The molecule has 2 N–H and O–H groups in total. The van der Waals surface area contributed by atoms with Crippen molar-refractivity contribution in [1.82, 2.24) is 5.32 Å². The van der Waals surface area contributed by atoms with Gasteiger partial charge in [-0.05, 0) is 56.4 Å². The second-order valence-electron chi connectivity index (χ2n) is 5.88. The summed E-state index contributed by atoms with van der Waals surface area (Å²) in [5.41, 5.74) is 0.972. The van der Waals surface area contributed by atoms with E-state index in [2.05, 4.69) is 10.6 Å². The summed E-state index contributed by atoms with van der Waals surface area (Å²) in [6.07, 6.45) is 0. The van der Waals surface area contributed by atoms with E-state index in [0.717, 1.165) is 0 Å². The van der Waals surface area contributed by atoms with Crippen molar-refractivity contribution in [3.05, 3.63) is 53.1 Å². The highest BCUT2D eigenvalue weighted by atomic mass is 35.5. The van der Waals surface area contributed by atoms with Gasteiger partial charge in [-0.15, -0.1) is 0 Å². The number of ether oxygens (including phenoxy) is 3. The molecule has 0 aliphatic heterocycles. The molecule has 28 heavy (non-hydrogen) atoms. The third-order valence-electron chi connectivity index (χ3n) is 3.66. The first-order valence-electron chi connectivity index (χ1n) is 8.74. The SMILES string of the molecule is CCOC(=O)c1ccc(NC(=S)N[C@@H](C)COc2ccccc2OC)cc1Cl. The third-order valence-corrected chi connectivity index (χ3v) is 4.19. The Kier molecular flexibility index (Phi) is 8.35. The molecule has 0 aliphatic carbocycles. The highest BCUT2D eigenvalue weighted by molar-refractivity contribution is 7.80. The normalized spacial score (nSPS) is 11.3. The molecular formula is C20H23ClN2O4S. The van der Waals surface area contributed by atoms with E-state index < -0.39 is 5.97 Å². The van der Waals surface area contributed by atoms with Gasteiger partial charge in [-0.3, -0.25) is 0 Å². The standard InChI is InChI=1S/C20H23ClN2O4S/c1-4-26-19(24)15-10-9-14(11-16(15)21)23-20(28)22-13(2)12-27-18-8-6-5-7-17(18)25-3/h5-11,13H,4,12H2,1-3H3,(H2,22,23,28)/t13-/m0/s1. The van der Waals surface area contributed by atoms with Crippen molar-refractivity contribution in [2.45, 2.75) is 19.9 Å². The average molecular weight is 423 g/mol. The van der Waals surface area contributed by atoms with E-state index in [9.17, 15) is 4.79 Å². The molecule has 0 saturated carbocycles. The summed E-state index contributed by atoms with van der Waals surface area (Å²) < 4.78 is 16.0. The number of thiocarbonyl (C=S) groups is 1. The van der Waals surface area contributed by atoms with Crippen LogP contribution in [0.25, 0.3) is 0 Å². The summed E-state index contributed by atoms with van der Waals surface area (Å²) in [5.74, 6) is 0.882. The summed E-state index contributed by atoms with van der Waals surface area (Å²) in [4.78, 5) is 11.8. The number of para-hydroxylation sites is 2. The van der Waals surface area contributed by atoms with Gasteiger partial charge in [-0.2, -0.15) is 0 Å². The van der Waals surface area contributed by atoms with Crippen molar-refractivity contribution in [1.29, 1.82) is 0 Å². The zero-order valence-electron chi connectivity index (χ0n) is 16.0. The maximum atomic E-state index is 11.8. The summed E-state index contributed by atoms with van der Waals surface area (Å²) in [7, 11) is 1.60. The number of nitrogens with one attached hydrogen (secondary N) is 2. The molecule has 0 aromatic heterocycles. The zero-order chi connectivity index (χ0) is 20.5. The van der Waals surface area contributed by atoms with E-state index in [-0.39, 0.29) is 12.6 Å². The molecule has 1 atom stereocenters. The molecule has 0 heterocycles. The summed E-state index contributed by atoms with van der Waals surface area (Å²) in [6, 6.07) is 12.3. The van der Waals surface area contributed by atoms with E-state index in [1.54, 1.807) is 32.2 Å². The highest BCUT2D eigenvalue weighted by Gasteiger charge is 2.13. The fraction of sp³-hybridized carbons (Fsp3) is 0.300. The maximum absolute atomic E-state index is 11.8. The monoisotopic (exact) mass is 422 g/mol. The Hall–Kier alpha value is -2.51. The van der Waals surface area contributed by atoms with E-state index in [1.807, 2.05) is 31.2 Å². The van der Waals surface area contributed by atoms with Crippen LogP contribution in [0.5, 0.6) is 11.5 Å². The first-order chi connectivity index (χ1) is 13.4. The average Bonchev–Trinajstić information content (AvgIpc) is 2.66. The van der Waals surface area contributed by atoms with Crippen molar-refractivity contribution in [2.75, 3.05) is 25.6 Å². The molecule has 0 bridgehead atoms. The summed E-state index contributed by atoms with van der Waals surface area (Å²) >= 11 is 11.5. The first-order valence-corrected chi connectivity index (χ1v) is 9.53. The van der Waals surface area contributed by atoms with Crippen molar-refractivity contribution in [2.24, 2.45) is 0 Å². The van der Waals surface area contributed by atoms with E-state index in [1.165, 1.54) is 0 Å². The minimum Gasteiger partial charge on any atom is -0.493 e. The van der Waals surface area contributed by atoms with Crippen LogP contribution < -0.4 is 20.1 Å². The number of methoxy groups -OCH3 is 1. The lowest BCUT2D eigenvalue weighted by molar-refractivity contribution is 0.0526. The van der Waals surface area contributed by atoms with Crippen molar-refractivity contribution in [3.63, 3.8) is 0 Å². The van der Waals surface area contributed by atoms with Crippen molar-refractivity contribution in [3.8, 4) is 11.5 Å². The minimum atomic E-state index is -0.457. The predicted molar refractivity (Wildman–Crippen MR) is 115 cm³/mol. The number of carbonyl (C=O) groups is 1. The number of benzene rings is 2. The number of anilines is 1. The largest absolute Gasteiger partial charge is 0.493 e. The summed E-state index contributed by atoms with van der Waals surface area (Å²) in [6.45, 7) is 4.37. The molecular weight excluding hydrogens is 400 g/mol. The van der Waals surface area contributed by atoms with Crippen LogP contribution in [0.1, 0.15) is 24.2 Å². The Bertz CT molecular complexity index is 832. The number of rotatable bonds is 8. The van der Waals surface area contributed by atoms with Gasteiger partial charge in [0.1, 0.15) is 6.61 Å². The molecule has 0 saturated heterocycles. The van der Waals surface area contributed by atoms with Crippen molar-refractivity contribution >= 4 is 40.6 Å². The number of hydrogen-bond acceptors (Lipinski definition) is 5. The molecule has 8 heteroatoms. The molecule has 2 rings (SSSR count). The second kappa shape index (κ2) is 10.7. The lowest BCUT2D eigenvalue weighted by atomic mass is 10.2. The van der Waals surface area contributed by atoms with Crippen LogP contribution in [0.4, 0.5) is 5.69 Å². The molecule has 0 fully saturated rings. The van der Waals surface area contributed by atoms with Gasteiger partial charge in [0.05, 0.1) is 30.3 Å². The molecule has 0 aliphatic rings. The quantitative estimate of drug-likeness (QED) is 0.486. The van der Waals surface area contributed by atoms with E-state index in [4.69, 9.17) is 38.0 Å². The van der Waals surface area contributed by atoms with Gasteiger partial charge in [0.2, 0.25) is 0 Å². The second-order valence-corrected chi connectivity index (χ2v) is 6.69. The van der Waals surface area contributed by atoms with Gasteiger partial charge in [0.25, 0.3) is 0 Å².